The smallest absolute Gasteiger partial charge is 0.315 e. The molecule has 0 radical (unpaired) electrons. The highest BCUT2D eigenvalue weighted by molar-refractivity contribution is 7.09. The van der Waals surface area contributed by atoms with Gasteiger partial charge in [0.05, 0.1) is 17.8 Å². The Kier molecular flexibility index (Phi) is 4.39. The van der Waals surface area contributed by atoms with Gasteiger partial charge in [-0.2, -0.15) is 0 Å². The van der Waals surface area contributed by atoms with Crippen molar-refractivity contribution in [2.75, 3.05) is 0 Å². The maximum Gasteiger partial charge on any atom is 0.315 e. The number of nitrogens with zero attached hydrogens (tertiary/aromatic N) is 2. The molecule has 2 atom stereocenters. The number of carbonyl (C=O) groups is 1. The molecule has 0 aliphatic carbocycles. The maximum atomic E-state index is 12.0. The third kappa shape index (κ3) is 3.16. The van der Waals surface area contributed by atoms with Crippen LogP contribution in [0.2, 0.25) is 0 Å². The van der Waals surface area contributed by atoms with Crippen LogP contribution in [-0.4, -0.2) is 16.2 Å². The van der Waals surface area contributed by atoms with E-state index in [2.05, 4.69) is 20.8 Å². The van der Waals surface area contributed by atoms with Crippen molar-refractivity contribution in [2.45, 2.75) is 39.8 Å². The van der Waals surface area contributed by atoms with Gasteiger partial charge in [0, 0.05) is 17.1 Å². The molecule has 2 aromatic rings. The van der Waals surface area contributed by atoms with E-state index in [4.69, 9.17) is 4.52 Å². The number of urea groups is 1. The Balaban J connectivity index is 1.95. The van der Waals surface area contributed by atoms with Crippen LogP contribution in [0.4, 0.5) is 4.79 Å². The molecule has 7 heteroatoms. The predicted octanol–water partition coefficient (Wildman–Crippen LogP) is 2.87. The Morgan fingerprint density at radius 2 is 2.00 bits per heavy atom. The van der Waals surface area contributed by atoms with E-state index >= 15 is 0 Å². The largest absolute Gasteiger partial charge is 0.361 e. The molecule has 0 bridgehead atoms. The molecule has 0 saturated heterocycles. The molecule has 2 rings (SSSR count). The summed E-state index contributed by atoms with van der Waals surface area (Å²) in [5.41, 5.74) is 1.71. The van der Waals surface area contributed by atoms with E-state index in [0.717, 1.165) is 22.0 Å². The average Bonchev–Trinajstić information content (AvgIpc) is 2.99. The zero-order chi connectivity index (χ0) is 14.7. The Morgan fingerprint density at radius 3 is 2.55 bits per heavy atom. The lowest BCUT2D eigenvalue weighted by Gasteiger charge is -2.17. The fraction of sp³-hybridized carbons (Fsp3) is 0.462. The van der Waals surface area contributed by atoms with Gasteiger partial charge in [0.25, 0.3) is 0 Å². The van der Waals surface area contributed by atoms with Crippen molar-refractivity contribution in [3.8, 4) is 0 Å². The van der Waals surface area contributed by atoms with Gasteiger partial charge in [0.15, 0.2) is 0 Å². The van der Waals surface area contributed by atoms with Gasteiger partial charge in [-0.15, -0.1) is 11.3 Å². The minimum absolute atomic E-state index is 0.119. The number of hydrogen-bond donors (Lipinski definition) is 2. The standard InChI is InChI=1S/C13H18N4O2S/c1-7(11-8(2)17-19-10(11)4)15-13(18)16-9(3)12-14-5-6-20-12/h5-7,9H,1-4H3,(H2,15,16,18)/t7-,9+/m1/s1. The molecule has 108 valence electrons. The molecule has 6 nitrogen and oxygen atoms in total. The van der Waals surface area contributed by atoms with Crippen molar-refractivity contribution in [1.82, 2.24) is 20.8 Å². The number of thiazole rings is 1. The quantitative estimate of drug-likeness (QED) is 0.908. The topological polar surface area (TPSA) is 80.0 Å². The van der Waals surface area contributed by atoms with Crippen LogP contribution < -0.4 is 10.6 Å². The lowest BCUT2D eigenvalue weighted by molar-refractivity contribution is 0.235. The maximum absolute atomic E-state index is 12.0. The number of aryl methyl sites for hydroxylation is 2. The van der Waals surface area contributed by atoms with Crippen molar-refractivity contribution in [3.63, 3.8) is 0 Å². The van der Waals surface area contributed by atoms with Crippen LogP contribution in [0.5, 0.6) is 0 Å². The summed E-state index contributed by atoms with van der Waals surface area (Å²) in [7, 11) is 0. The summed E-state index contributed by atoms with van der Waals surface area (Å²) in [5.74, 6) is 0.725. The van der Waals surface area contributed by atoms with Gasteiger partial charge in [-0.25, -0.2) is 9.78 Å². The van der Waals surface area contributed by atoms with Crippen LogP contribution in [0.25, 0.3) is 0 Å². The third-order valence-electron chi connectivity index (χ3n) is 3.04. The van der Waals surface area contributed by atoms with Gasteiger partial charge < -0.3 is 15.2 Å². The highest BCUT2D eigenvalue weighted by Crippen LogP contribution is 2.21. The van der Waals surface area contributed by atoms with Crippen molar-refractivity contribution < 1.29 is 9.32 Å². The van der Waals surface area contributed by atoms with Crippen molar-refractivity contribution in [3.05, 3.63) is 33.6 Å². The van der Waals surface area contributed by atoms with Crippen LogP contribution in [0, 0.1) is 13.8 Å². The van der Waals surface area contributed by atoms with E-state index in [0.29, 0.717) is 0 Å². The Bertz CT molecular complexity index is 560. The molecule has 0 spiro atoms. The van der Waals surface area contributed by atoms with E-state index in [1.807, 2.05) is 33.1 Å². The van der Waals surface area contributed by atoms with E-state index in [9.17, 15) is 4.79 Å². The molecule has 2 aromatic heterocycles. The van der Waals surface area contributed by atoms with E-state index in [1.165, 1.54) is 11.3 Å². The molecule has 0 aromatic carbocycles. The minimum Gasteiger partial charge on any atom is -0.361 e. The van der Waals surface area contributed by atoms with Crippen LogP contribution in [-0.2, 0) is 0 Å². The Hall–Kier alpha value is -1.89. The van der Waals surface area contributed by atoms with Crippen LogP contribution >= 0.6 is 11.3 Å². The van der Waals surface area contributed by atoms with E-state index < -0.39 is 0 Å². The summed E-state index contributed by atoms with van der Waals surface area (Å²) in [6.45, 7) is 7.50. The first-order chi connectivity index (χ1) is 9.49. The first-order valence-electron chi connectivity index (χ1n) is 6.38. The summed E-state index contributed by atoms with van der Waals surface area (Å²) in [6, 6.07) is -0.517. The van der Waals surface area contributed by atoms with Crippen molar-refractivity contribution in [2.24, 2.45) is 0 Å². The first-order valence-corrected chi connectivity index (χ1v) is 7.26. The summed E-state index contributed by atoms with van der Waals surface area (Å²) in [4.78, 5) is 16.2. The lowest BCUT2D eigenvalue weighted by atomic mass is 10.1. The molecule has 2 amide bonds. The van der Waals surface area contributed by atoms with Gasteiger partial charge >= 0.3 is 6.03 Å². The SMILES string of the molecule is Cc1noc(C)c1[C@@H](C)NC(=O)N[C@@H](C)c1nccs1. The van der Waals surface area contributed by atoms with Crippen molar-refractivity contribution >= 4 is 17.4 Å². The number of amides is 2. The van der Waals surface area contributed by atoms with Gasteiger partial charge in [0.2, 0.25) is 0 Å². The summed E-state index contributed by atoms with van der Waals surface area (Å²) < 4.78 is 5.11. The minimum atomic E-state index is -0.236. The number of carbonyl (C=O) groups excluding carboxylic acids is 1. The van der Waals surface area contributed by atoms with Gasteiger partial charge in [-0.3, -0.25) is 0 Å². The number of aromatic nitrogens is 2. The molecule has 2 N–H and O–H groups in total. The molecular weight excluding hydrogens is 276 g/mol. The third-order valence-corrected chi connectivity index (χ3v) is 4.00. The second kappa shape index (κ2) is 6.04. The highest BCUT2D eigenvalue weighted by Gasteiger charge is 2.19. The predicted molar refractivity (Wildman–Crippen MR) is 76.6 cm³/mol. The fourth-order valence-electron chi connectivity index (χ4n) is 2.13. The van der Waals surface area contributed by atoms with Gasteiger partial charge in [0.1, 0.15) is 10.8 Å². The first kappa shape index (κ1) is 14.5. The molecule has 0 fully saturated rings. The monoisotopic (exact) mass is 294 g/mol. The van der Waals surface area contributed by atoms with Crippen LogP contribution in [0.3, 0.4) is 0 Å². The van der Waals surface area contributed by atoms with E-state index in [1.54, 1.807) is 6.20 Å². The summed E-state index contributed by atoms with van der Waals surface area (Å²) in [6.07, 6.45) is 1.72. The Morgan fingerprint density at radius 1 is 1.30 bits per heavy atom. The molecular formula is C13H18N4O2S. The lowest BCUT2D eigenvalue weighted by Crippen LogP contribution is -2.38. The molecule has 2 heterocycles. The van der Waals surface area contributed by atoms with Gasteiger partial charge in [-0.05, 0) is 27.7 Å². The zero-order valence-corrected chi connectivity index (χ0v) is 12.7. The van der Waals surface area contributed by atoms with Crippen molar-refractivity contribution in [1.29, 1.82) is 0 Å². The Labute approximate surface area is 121 Å². The fourth-order valence-corrected chi connectivity index (χ4v) is 2.77. The van der Waals surface area contributed by atoms with Crippen LogP contribution in [0.15, 0.2) is 16.1 Å². The van der Waals surface area contributed by atoms with E-state index in [-0.39, 0.29) is 18.1 Å². The van der Waals surface area contributed by atoms with Gasteiger partial charge in [-0.1, -0.05) is 5.16 Å². The number of hydrogen-bond acceptors (Lipinski definition) is 5. The highest BCUT2D eigenvalue weighted by atomic mass is 32.1. The summed E-state index contributed by atoms with van der Waals surface area (Å²) in [5, 5.41) is 12.4. The van der Waals surface area contributed by atoms with Crippen LogP contribution in [0.1, 0.15) is 48.0 Å². The molecule has 0 aliphatic heterocycles. The number of rotatable bonds is 4. The molecule has 0 unspecified atom stereocenters. The average molecular weight is 294 g/mol. The molecule has 0 aliphatic rings. The second-order valence-corrected chi connectivity index (χ2v) is 5.60. The summed E-state index contributed by atoms with van der Waals surface area (Å²) >= 11 is 1.52. The number of nitrogens with one attached hydrogen (secondary N) is 2. The normalized spacial score (nSPS) is 13.8. The molecule has 20 heavy (non-hydrogen) atoms. The second-order valence-electron chi connectivity index (χ2n) is 4.67. The molecule has 0 saturated carbocycles. The zero-order valence-electron chi connectivity index (χ0n) is 11.9.